The number of guanidine groups is 1. The van der Waals surface area contributed by atoms with E-state index in [1.54, 1.807) is 12.1 Å². The Morgan fingerprint density at radius 2 is 1.90 bits per heavy atom. The van der Waals surface area contributed by atoms with Crippen molar-refractivity contribution < 1.29 is 24.3 Å². The molecule has 0 radical (unpaired) electrons. The Hall–Kier alpha value is -3.74. The summed E-state index contributed by atoms with van der Waals surface area (Å²) < 4.78 is 0. The van der Waals surface area contributed by atoms with Crippen molar-refractivity contribution in [1.29, 1.82) is 0 Å². The maximum atomic E-state index is 12.6. The fourth-order valence-electron chi connectivity index (χ4n) is 2.52. The van der Waals surface area contributed by atoms with Gasteiger partial charge in [0.2, 0.25) is 17.7 Å². The van der Waals surface area contributed by atoms with Crippen LogP contribution in [0.15, 0.2) is 29.5 Å². The van der Waals surface area contributed by atoms with Gasteiger partial charge in [0.15, 0.2) is 5.96 Å². The van der Waals surface area contributed by atoms with E-state index in [0.29, 0.717) is 12.0 Å². The molecule has 1 aromatic heterocycles. The molecule has 1 aromatic rings. The van der Waals surface area contributed by atoms with E-state index in [1.165, 1.54) is 12.4 Å². The zero-order chi connectivity index (χ0) is 23.2. The molecule has 1 heterocycles. The average Bonchev–Trinajstić information content (AvgIpc) is 2.74. The number of hydrogen-bond donors (Lipinski definition) is 7. The predicted molar refractivity (Wildman–Crippen MR) is 112 cm³/mol. The van der Waals surface area contributed by atoms with Gasteiger partial charge in [0.05, 0.1) is 13.1 Å². The standard InChI is InChI=1S/C18H28N8O5/c19-7-14(27)24-10-15(28)26-13(4-2-6-23-18(20)21)16(29)25-9-12(17(30)31)11-3-1-5-22-8-11/h1,3,5,8,12-13H,2,4,6-7,9-10,19H2,(H,24,27)(H,25,29)(H,26,28)(H,30,31)(H4,20,21,23)/t12?,13-/m0/s1. The van der Waals surface area contributed by atoms with Crippen LogP contribution in [0.3, 0.4) is 0 Å². The van der Waals surface area contributed by atoms with Gasteiger partial charge in [0.25, 0.3) is 0 Å². The number of carbonyl (C=O) groups is 4. The molecule has 1 unspecified atom stereocenters. The third-order valence-electron chi connectivity index (χ3n) is 4.09. The first-order valence-corrected chi connectivity index (χ1v) is 9.46. The summed E-state index contributed by atoms with van der Waals surface area (Å²) in [5.41, 5.74) is 16.1. The molecule has 0 aliphatic heterocycles. The molecule has 0 aliphatic rings. The van der Waals surface area contributed by atoms with E-state index in [-0.39, 0.29) is 38.6 Å². The van der Waals surface area contributed by atoms with Crippen LogP contribution >= 0.6 is 0 Å². The van der Waals surface area contributed by atoms with Crippen LogP contribution in [-0.4, -0.2) is 72.0 Å². The van der Waals surface area contributed by atoms with Crippen molar-refractivity contribution in [2.24, 2.45) is 22.2 Å². The fraction of sp³-hybridized carbons (Fsp3) is 0.444. The van der Waals surface area contributed by atoms with Crippen LogP contribution in [0.1, 0.15) is 24.3 Å². The average molecular weight is 436 g/mol. The van der Waals surface area contributed by atoms with E-state index in [0.717, 1.165) is 0 Å². The normalized spacial score (nSPS) is 12.2. The predicted octanol–water partition coefficient (Wildman–Crippen LogP) is -3.02. The van der Waals surface area contributed by atoms with Crippen LogP contribution in [0.25, 0.3) is 0 Å². The summed E-state index contributed by atoms with van der Waals surface area (Å²) in [5, 5.41) is 16.8. The summed E-state index contributed by atoms with van der Waals surface area (Å²) in [6, 6.07) is 2.20. The number of rotatable bonds is 13. The van der Waals surface area contributed by atoms with Crippen molar-refractivity contribution in [3.63, 3.8) is 0 Å². The zero-order valence-electron chi connectivity index (χ0n) is 16.9. The number of nitrogens with zero attached hydrogens (tertiary/aromatic N) is 2. The Morgan fingerprint density at radius 3 is 2.48 bits per heavy atom. The van der Waals surface area contributed by atoms with E-state index >= 15 is 0 Å². The van der Waals surface area contributed by atoms with Crippen LogP contribution in [0, 0.1) is 0 Å². The van der Waals surface area contributed by atoms with Gasteiger partial charge in [-0.1, -0.05) is 6.07 Å². The van der Waals surface area contributed by atoms with Gasteiger partial charge >= 0.3 is 5.97 Å². The molecule has 0 saturated carbocycles. The minimum Gasteiger partial charge on any atom is -0.481 e. The summed E-state index contributed by atoms with van der Waals surface area (Å²) in [4.78, 5) is 55.2. The van der Waals surface area contributed by atoms with E-state index in [2.05, 4.69) is 25.9 Å². The molecule has 0 aliphatic carbocycles. The lowest BCUT2D eigenvalue weighted by molar-refractivity contribution is -0.139. The number of aliphatic carboxylic acids is 1. The van der Waals surface area contributed by atoms with Crippen molar-refractivity contribution in [3.05, 3.63) is 30.1 Å². The van der Waals surface area contributed by atoms with Crippen LogP contribution in [0.2, 0.25) is 0 Å². The van der Waals surface area contributed by atoms with E-state index in [9.17, 15) is 24.3 Å². The lowest BCUT2D eigenvalue weighted by atomic mass is 10.0. The van der Waals surface area contributed by atoms with E-state index in [4.69, 9.17) is 17.2 Å². The van der Waals surface area contributed by atoms with Crippen molar-refractivity contribution >= 4 is 29.7 Å². The summed E-state index contributed by atoms with van der Waals surface area (Å²) in [6.45, 7) is -0.606. The lowest BCUT2D eigenvalue weighted by Gasteiger charge is -2.20. The van der Waals surface area contributed by atoms with Gasteiger partial charge in [-0.05, 0) is 24.5 Å². The smallest absolute Gasteiger partial charge is 0.312 e. The summed E-state index contributed by atoms with van der Waals surface area (Å²) in [7, 11) is 0. The van der Waals surface area contributed by atoms with Gasteiger partial charge in [-0.3, -0.25) is 29.2 Å². The highest BCUT2D eigenvalue weighted by Gasteiger charge is 2.25. The number of pyridine rings is 1. The second-order valence-corrected chi connectivity index (χ2v) is 6.47. The third kappa shape index (κ3) is 10.0. The number of nitrogens with two attached hydrogens (primary N) is 3. The van der Waals surface area contributed by atoms with Crippen molar-refractivity contribution in [1.82, 2.24) is 20.9 Å². The molecule has 0 fully saturated rings. The number of carboxylic acids is 1. The molecule has 0 aromatic carbocycles. The Morgan fingerprint density at radius 1 is 1.16 bits per heavy atom. The lowest BCUT2D eigenvalue weighted by Crippen LogP contribution is -2.50. The number of aromatic nitrogens is 1. The molecule has 31 heavy (non-hydrogen) atoms. The Balaban J connectivity index is 2.75. The molecular weight excluding hydrogens is 408 g/mol. The number of nitrogens with one attached hydrogen (secondary N) is 3. The highest BCUT2D eigenvalue weighted by molar-refractivity contribution is 5.90. The van der Waals surface area contributed by atoms with Gasteiger partial charge in [-0.15, -0.1) is 0 Å². The van der Waals surface area contributed by atoms with Crippen LogP contribution in [-0.2, 0) is 19.2 Å². The van der Waals surface area contributed by atoms with Crippen LogP contribution in [0.5, 0.6) is 0 Å². The summed E-state index contributed by atoms with van der Waals surface area (Å²) >= 11 is 0. The Kier molecular flexibility index (Phi) is 11.0. The van der Waals surface area contributed by atoms with Gasteiger partial charge in [-0.2, -0.15) is 0 Å². The molecule has 1 rings (SSSR count). The van der Waals surface area contributed by atoms with Crippen LogP contribution in [0.4, 0.5) is 0 Å². The fourth-order valence-corrected chi connectivity index (χ4v) is 2.52. The molecule has 0 saturated heterocycles. The molecule has 10 N–H and O–H groups in total. The molecule has 170 valence electrons. The van der Waals surface area contributed by atoms with Gasteiger partial charge < -0.3 is 38.3 Å². The van der Waals surface area contributed by atoms with Crippen molar-refractivity contribution in [2.75, 3.05) is 26.2 Å². The minimum absolute atomic E-state index is 0.102. The number of aliphatic imine (C=N–C) groups is 1. The summed E-state index contributed by atoms with van der Waals surface area (Å²) in [5.74, 6) is -3.96. The number of amides is 3. The molecule has 0 spiro atoms. The van der Waals surface area contributed by atoms with Crippen molar-refractivity contribution in [3.8, 4) is 0 Å². The second-order valence-electron chi connectivity index (χ2n) is 6.47. The number of carboxylic acid groups (broad SMARTS) is 1. The van der Waals surface area contributed by atoms with Gasteiger partial charge in [0, 0.05) is 25.5 Å². The van der Waals surface area contributed by atoms with Crippen LogP contribution < -0.4 is 33.2 Å². The third-order valence-corrected chi connectivity index (χ3v) is 4.09. The first kappa shape index (κ1) is 25.3. The first-order valence-electron chi connectivity index (χ1n) is 9.46. The molecule has 13 heteroatoms. The topological polar surface area (TPSA) is 228 Å². The number of carbonyl (C=O) groups excluding carboxylic acids is 3. The maximum absolute atomic E-state index is 12.6. The van der Waals surface area contributed by atoms with E-state index in [1.807, 2.05) is 0 Å². The quantitative estimate of drug-likeness (QED) is 0.0946. The SMILES string of the molecule is NCC(=O)NCC(=O)N[C@@H](CCCN=C(N)N)C(=O)NCC(C(=O)O)c1cccnc1. The Bertz CT molecular complexity index is 782. The second kappa shape index (κ2) is 13.5. The Labute approximate surface area is 178 Å². The highest BCUT2D eigenvalue weighted by atomic mass is 16.4. The maximum Gasteiger partial charge on any atom is 0.312 e. The monoisotopic (exact) mass is 436 g/mol. The minimum atomic E-state index is -1.13. The molecule has 13 nitrogen and oxygen atoms in total. The highest BCUT2D eigenvalue weighted by Crippen LogP contribution is 2.14. The largest absolute Gasteiger partial charge is 0.481 e. The van der Waals surface area contributed by atoms with Crippen molar-refractivity contribution in [2.45, 2.75) is 24.8 Å². The van der Waals surface area contributed by atoms with Gasteiger partial charge in [0.1, 0.15) is 12.0 Å². The first-order chi connectivity index (χ1) is 14.7. The molecule has 2 atom stereocenters. The summed E-state index contributed by atoms with van der Waals surface area (Å²) in [6.07, 6.45) is 3.46. The number of hydrogen-bond acceptors (Lipinski definition) is 7. The zero-order valence-corrected chi connectivity index (χ0v) is 16.9. The van der Waals surface area contributed by atoms with E-state index < -0.39 is 35.7 Å². The molecule has 0 bridgehead atoms. The molecule has 3 amide bonds. The van der Waals surface area contributed by atoms with Gasteiger partial charge in [-0.25, -0.2) is 0 Å². The molecular formula is C18H28N8O5.